The van der Waals surface area contributed by atoms with Crippen molar-refractivity contribution in [3.8, 4) is 0 Å². The third kappa shape index (κ3) is 15.4. The molecule has 1 N–H and O–H groups in total. The molecule has 0 heterocycles. The lowest BCUT2D eigenvalue weighted by molar-refractivity contribution is -0.146. The largest absolute Gasteiger partial charge is 0.464 e. The Morgan fingerprint density at radius 1 is 0.962 bits per heavy atom. The molecule has 0 saturated carbocycles. The molecule has 5 nitrogen and oxygen atoms in total. The molecule has 6 heteroatoms. The van der Waals surface area contributed by atoms with Crippen LogP contribution in [0.2, 0.25) is 0 Å². The summed E-state index contributed by atoms with van der Waals surface area (Å²) in [4.78, 5) is 24.0. The summed E-state index contributed by atoms with van der Waals surface area (Å²) in [7, 11) is 0. The van der Waals surface area contributed by atoms with E-state index in [-0.39, 0.29) is 11.9 Å². The maximum absolute atomic E-state index is 12.2. The molecule has 0 rings (SSSR count). The third-order valence-electron chi connectivity index (χ3n) is 3.98. The number of rotatable bonds is 16. The Labute approximate surface area is 164 Å². The number of hydrogen-bond donors (Lipinski definition) is 1. The summed E-state index contributed by atoms with van der Waals surface area (Å²) in [5.74, 6) is 0.685. The van der Waals surface area contributed by atoms with E-state index in [0.717, 1.165) is 18.6 Å². The molecular formula is C20H39NO4S. The van der Waals surface area contributed by atoms with Crippen molar-refractivity contribution < 1.29 is 19.1 Å². The molecule has 0 fully saturated rings. The molecule has 0 aliphatic rings. The molecule has 0 unspecified atom stereocenters. The predicted molar refractivity (Wildman–Crippen MR) is 110 cm³/mol. The summed E-state index contributed by atoms with van der Waals surface area (Å²) in [5, 5.41) is 2.64. The Morgan fingerprint density at radius 3 is 2.15 bits per heavy atom. The first kappa shape index (κ1) is 25.1. The molecule has 0 aromatic carbocycles. The zero-order valence-corrected chi connectivity index (χ0v) is 18.0. The second-order valence-corrected chi connectivity index (χ2v) is 8.10. The quantitative estimate of drug-likeness (QED) is 0.291. The van der Waals surface area contributed by atoms with Crippen LogP contribution in [0.5, 0.6) is 0 Å². The van der Waals surface area contributed by atoms with Gasteiger partial charge in [0.1, 0.15) is 6.04 Å². The average molecular weight is 390 g/mol. The summed E-state index contributed by atoms with van der Waals surface area (Å²) in [6, 6.07) is -0.629. The van der Waals surface area contributed by atoms with E-state index < -0.39 is 12.1 Å². The SMILES string of the molecule is CCCCCCCCCCOC(=O)[C@H](CCSC)NC(=O)OCC(C)C. The van der Waals surface area contributed by atoms with Crippen molar-refractivity contribution in [3.63, 3.8) is 0 Å². The number of carbonyl (C=O) groups excluding carboxylic acids is 2. The molecule has 0 spiro atoms. The molecule has 0 bridgehead atoms. The molecule has 26 heavy (non-hydrogen) atoms. The summed E-state index contributed by atoms with van der Waals surface area (Å²) < 4.78 is 10.5. The minimum Gasteiger partial charge on any atom is -0.464 e. The first-order chi connectivity index (χ1) is 12.5. The van der Waals surface area contributed by atoms with Crippen LogP contribution in [-0.4, -0.2) is 43.3 Å². The topological polar surface area (TPSA) is 64.6 Å². The van der Waals surface area contributed by atoms with Gasteiger partial charge in [-0.25, -0.2) is 9.59 Å². The highest BCUT2D eigenvalue weighted by Gasteiger charge is 2.22. The molecule has 0 aliphatic carbocycles. The highest BCUT2D eigenvalue weighted by Crippen LogP contribution is 2.09. The van der Waals surface area contributed by atoms with Crippen molar-refractivity contribution in [2.75, 3.05) is 25.2 Å². The van der Waals surface area contributed by atoms with Crippen LogP contribution >= 0.6 is 11.8 Å². The number of esters is 1. The molecule has 154 valence electrons. The van der Waals surface area contributed by atoms with Gasteiger partial charge in [0.05, 0.1) is 13.2 Å². The number of alkyl carbamates (subject to hydrolysis) is 1. The van der Waals surface area contributed by atoms with Gasteiger partial charge in [0.15, 0.2) is 0 Å². The highest BCUT2D eigenvalue weighted by atomic mass is 32.2. The van der Waals surface area contributed by atoms with E-state index in [2.05, 4.69) is 12.2 Å². The Hall–Kier alpha value is -0.910. The molecule has 0 aromatic heterocycles. The molecule has 0 saturated heterocycles. The number of carbonyl (C=O) groups is 2. The Kier molecular flexibility index (Phi) is 16.9. The lowest BCUT2D eigenvalue weighted by Gasteiger charge is -2.17. The number of amides is 1. The van der Waals surface area contributed by atoms with Crippen LogP contribution in [0.25, 0.3) is 0 Å². The summed E-state index contributed by atoms with van der Waals surface area (Å²) in [6.45, 7) is 6.92. The molecule has 1 amide bonds. The van der Waals surface area contributed by atoms with Crippen molar-refractivity contribution in [2.45, 2.75) is 84.6 Å². The highest BCUT2D eigenvalue weighted by molar-refractivity contribution is 7.98. The van der Waals surface area contributed by atoms with Crippen LogP contribution in [0.15, 0.2) is 0 Å². The van der Waals surface area contributed by atoms with Gasteiger partial charge in [0, 0.05) is 0 Å². The van der Waals surface area contributed by atoms with E-state index in [4.69, 9.17) is 9.47 Å². The monoisotopic (exact) mass is 389 g/mol. The molecule has 1 atom stereocenters. The van der Waals surface area contributed by atoms with Crippen LogP contribution in [0.3, 0.4) is 0 Å². The summed E-state index contributed by atoms with van der Waals surface area (Å²) in [5.41, 5.74) is 0. The van der Waals surface area contributed by atoms with Crippen LogP contribution in [0.1, 0.15) is 78.6 Å². The molecule has 0 aliphatic heterocycles. The van der Waals surface area contributed by atoms with Crippen LogP contribution < -0.4 is 5.32 Å². The van der Waals surface area contributed by atoms with E-state index in [1.54, 1.807) is 11.8 Å². The second-order valence-electron chi connectivity index (χ2n) is 7.11. The lowest BCUT2D eigenvalue weighted by atomic mass is 10.1. The van der Waals surface area contributed by atoms with Crippen molar-refractivity contribution in [3.05, 3.63) is 0 Å². The van der Waals surface area contributed by atoms with Gasteiger partial charge in [-0.3, -0.25) is 0 Å². The van der Waals surface area contributed by atoms with Crippen LogP contribution in [-0.2, 0) is 14.3 Å². The average Bonchev–Trinajstić information content (AvgIpc) is 2.61. The molecular weight excluding hydrogens is 350 g/mol. The van der Waals surface area contributed by atoms with Gasteiger partial charge in [0.2, 0.25) is 0 Å². The number of ether oxygens (including phenoxy) is 2. The third-order valence-corrected chi connectivity index (χ3v) is 4.62. The van der Waals surface area contributed by atoms with E-state index >= 15 is 0 Å². The standard InChI is InChI=1S/C20H39NO4S/c1-5-6-7-8-9-10-11-12-14-24-19(22)18(13-15-26-4)21-20(23)25-16-17(2)3/h17-18H,5-16H2,1-4H3,(H,21,23)/t18-/m0/s1. The van der Waals surface area contributed by atoms with E-state index in [9.17, 15) is 9.59 Å². The normalized spacial score (nSPS) is 12.0. The molecule has 0 radical (unpaired) electrons. The summed E-state index contributed by atoms with van der Waals surface area (Å²) in [6.07, 6.45) is 11.6. The smallest absolute Gasteiger partial charge is 0.407 e. The van der Waals surface area contributed by atoms with Gasteiger partial charge in [0.25, 0.3) is 0 Å². The van der Waals surface area contributed by atoms with E-state index in [0.29, 0.717) is 19.6 Å². The van der Waals surface area contributed by atoms with Crippen molar-refractivity contribution in [2.24, 2.45) is 5.92 Å². The number of unbranched alkanes of at least 4 members (excludes halogenated alkanes) is 7. The fourth-order valence-corrected chi connectivity index (χ4v) is 2.89. The lowest BCUT2D eigenvalue weighted by Crippen LogP contribution is -2.43. The van der Waals surface area contributed by atoms with Crippen molar-refractivity contribution in [1.82, 2.24) is 5.32 Å². The van der Waals surface area contributed by atoms with Gasteiger partial charge in [-0.1, -0.05) is 65.7 Å². The van der Waals surface area contributed by atoms with Crippen molar-refractivity contribution >= 4 is 23.8 Å². The Balaban J connectivity index is 3.97. The fraction of sp³-hybridized carbons (Fsp3) is 0.900. The number of nitrogens with one attached hydrogen (secondary N) is 1. The zero-order chi connectivity index (χ0) is 19.6. The van der Waals surface area contributed by atoms with Crippen molar-refractivity contribution in [1.29, 1.82) is 0 Å². The molecule has 0 aromatic rings. The van der Waals surface area contributed by atoms with Gasteiger partial charge in [-0.2, -0.15) is 11.8 Å². The minimum absolute atomic E-state index is 0.263. The van der Waals surface area contributed by atoms with Crippen LogP contribution in [0, 0.1) is 5.92 Å². The number of thioether (sulfide) groups is 1. The first-order valence-corrected chi connectivity index (χ1v) is 11.5. The van der Waals surface area contributed by atoms with Gasteiger partial charge < -0.3 is 14.8 Å². The predicted octanol–water partition coefficient (Wildman–Crippen LogP) is 5.17. The van der Waals surface area contributed by atoms with Crippen LogP contribution in [0.4, 0.5) is 4.79 Å². The van der Waals surface area contributed by atoms with E-state index in [1.807, 2.05) is 20.1 Å². The minimum atomic E-state index is -0.629. The summed E-state index contributed by atoms with van der Waals surface area (Å²) >= 11 is 1.64. The Morgan fingerprint density at radius 2 is 1.58 bits per heavy atom. The number of hydrogen-bond acceptors (Lipinski definition) is 5. The maximum atomic E-state index is 12.2. The first-order valence-electron chi connectivity index (χ1n) is 10.1. The maximum Gasteiger partial charge on any atom is 0.407 e. The fourth-order valence-electron chi connectivity index (χ4n) is 2.42. The van der Waals surface area contributed by atoms with E-state index in [1.165, 1.54) is 38.5 Å². The van der Waals surface area contributed by atoms with Gasteiger partial charge >= 0.3 is 12.1 Å². The van der Waals surface area contributed by atoms with Gasteiger partial charge in [-0.15, -0.1) is 0 Å². The van der Waals surface area contributed by atoms with Gasteiger partial charge in [-0.05, 0) is 30.8 Å². The Bertz CT molecular complexity index is 364. The second kappa shape index (κ2) is 17.5. The zero-order valence-electron chi connectivity index (χ0n) is 17.2.